The molecule has 19 heteroatoms. The molecule has 17 nitrogen and oxygen atoms in total. The van der Waals surface area contributed by atoms with Gasteiger partial charge in [-0.15, -0.1) is 0 Å². The van der Waals surface area contributed by atoms with Gasteiger partial charge < -0.3 is 33.8 Å². The van der Waals surface area contributed by atoms with Crippen molar-refractivity contribution in [1.82, 2.24) is 0 Å². The zero-order chi connectivity index (χ0) is 70.7. The number of hydrogen-bond donors (Lipinski definition) is 3. The van der Waals surface area contributed by atoms with Crippen LogP contribution in [0.5, 0.6) is 0 Å². The Morgan fingerprint density at radius 2 is 0.531 bits per heavy atom. The number of aliphatic hydroxyl groups excluding tert-OH is 1. The smallest absolute Gasteiger partial charge is 0.462 e. The maximum Gasteiger partial charge on any atom is 0.472 e. The van der Waals surface area contributed by atoms with Crippen molar-refractivity contribution in [3.05, 3.63) is 0 Å². The molecule has 0 radical (unpaired) electrons. The summed E-state index contributed by atoms with van der Waals surface area (Å²) in [6, 6.07) is 0. The van der Waals surface area contributed by atoms with Gasteiger partial charge >= 0.3 is 39.5 Å². The number of esters is 4. The van der Waals surface area contributed by atoms with Gasteiger partial charge in [-0.3, -0.25) is 37.3 Å². The van der Waals surface area contributed by atoms with E-state index in [0.717, 1.165) is 102 Å². The van der Waals surface area contributed by atoms with E-state index in [9.17, 15) is 43.2 Å². The lowest BCUT2D eigenvalue weighted by molar-refractivity contribution is -0.161. The molecule has 0 aromatic carbocycles. The molecule has 0 fully saturated rings. The molecule has 0 aromatic rings. The van der Waals surface area contributed by atoms with Gasteiger partial charge in [-0.25, -0.2) is 9.13 Å². The van der Waals surface area contributed by atoms with Crippen LogP contribution in [-0.4, -0.2) is 96.7 Å². The van der Waals surface area contributed by atoms with Crippen LogP contribution in [-0.2, 0) is 65.4 Å². The Morgan fingerprint density at radius 3 is 0.792 bits per heavy atom. The van der Waals surface area contributed by atoms with E-state index >= 15 is 0 Å². The zero-order valence-electron chi connectivity index (χ0n) is 62.7. The van der Waals surface area contributed by atoms with E-state index < -0.39 is 97.5 Å². The fourth-order valence-electron chi connectivity index (χ4n) is 11.8. The van der Waals surface area contributed by atoms with E-state index in [0.29, 0.717) is 31.6 Å². The SMILES string of the molecule is CCCCCCCCCCCCCCCCCCCC(=O)OC[C@H](COP(=O)(O)OC[C@@H](O)COP(=O)(O)OC[C@@H](COC(=O)CCCCCCCCCC(C)C)OC(=O)CCCCCCCCCCCCC)OC(=O)CCCCCCCCCCCCCCCCC(C)CC. The summed E-state index contributed by atoms with van der Waals surface area (Å²) in [4.78, 5) is 72.8. The molecule has 3 N–H and O–H groups in total. The summed E-state index contributed by atoms with van der Waals surface area (Å²) in [6.45, 7) is 9.60. The topological polar surface area (TPSA) is 237 Å². The average molecular weight is 1410 g/mol. The van der Waals surface area contributed by atoms with Crippen LogP contribution in [0.25, 0.3) is 0 Å². The second-order valence-electron chi connectivity index (χ2n) is 28.5. The van der Waals surface area contributed by atoms with Crippen molar-refractivity contribution in [3.8, 4) is 0 Å². The fourth-order valence-corrected chi connectivity index (χ4v) is 13.4. The maximum atomic E-state index is 13.1. The minimum Gasteiger partial charge on any atom is -0.462 e. The van der Waals surface area contributed by atoms with Gasteiger partial charge in [0, 0.05) is 25.7 Å². The summed E-state index contributed by atoms with van der Waals surface area (Å²) < 4.78 is 68.5. The van der Waals surface area contributed by atoms with Crippen molar-refractivity contribution in [3.63, 3.8) is 0 Å². The predicted molar refractivity (Wildman–Crippen MR) is 391 cm³/mol. The molecule has 570 valence electrons. The third-order valence-corrected chi connectivity index (χ3v) is 20.2. The van der Waals surface area contributed by atoms with Crippen molar-refractivity contribution < 1.29 is 80.2 Å². The van der Waals surface area contributed by atoms with Crippen molar-refractivity contribution in [2.24, 2.45) is 11.8 Å². The number of aliphatic hydroxyl groups is 1. The van der Waals surface area contributed by atoms with Crippen LogP contribution in [0.15, 0.2) is 0 Å². The normalized spacial score (nSPS) is 14.3. The van der Waals surface area contributed by atoms with Crippen LogP contribution in [0.1, 0.15) is 401 Å². The summed E-state index contributed by atoms with van der Waals surface area (Å²) >= 11 is 0. The molecule has 6 atom stereocenters. The van der Waals surface area contributed by atoms with E-state index in [4.69, 9.17) is 37.0 Å². The first kappa shape index (κ1) is 94.1. The first-order valence-corrected chi connectivity index (χ1v) is 43.0. The Balaban J connectivity index is 5.23. The Bertz CT molecular complexity index is 1860. The molecule has 0 rings (SSSR count). The number of phosphoric ester groups is 2. The van der Waals surface area contributed by atoms with Crippen LogP contribution < -0.4 is 0 Å². The molecular formula is C77H150O17P2. The molecule has 0 aliphatic carbocycles. The molecule has 0 bridgehead atoms. The summed E-state index contributed by atoms with van der Waals surface area (Å²) in [6.07, 6.45) is 56.9. The van der Waals surface area contributed by atoms with Crippen molar-refractivity contribution in [1.29, 1.82) is 0 Å². The maximum absolute atomic E-state index is 13.1. The Hall–Kier alpha value is -1.94. The fraction of sp³-hybridized carbons (Fsp3) is 0.948. The Morgan fingerprint density at radius 1 is 0.302 bits per heavy atom. The molecule has 0 heterocycles. The van der Waals surface area contributed by atoms with Crippen LogP contribution in [0, 0.1) is 11.8 Å². The minimum atomic E-state index is -4.96. The largest absolute Gasteiger partial charge is 0.472 e. The minimum absolute atomic E-state index is 0.106. The highest BCUT2D eigenvalue weighted by molar-refractivity contribution is 7.47. The predicted octanol–water partition coefficient (Wildman–Crippen LogP) is 22.7. The van der Waals surface area contributed by atoms with Gasteiger partial charge in [-0.1, -0.05) is 350 Å². The summed E-state index contributed by atoms with van der Waals surface area (Å²) in [7, 11) is -9.91. The summed E-state index contributed by atoms with van der Waals surface area (Å²) in [5.41, 5.74) is 0. The summed E-state index contributed by atoms with van der Waals surface area (Å²) in [5, 5.41) is 10.6. The Labute approximate surface area is 588 Å². The molecular weight excluding hydrogens is 1260 g/mol. The van der Waals surface area contributed by atoms with Crippen molar-refractivity contribution in [2.45, 2.75) is 419 Å². The second-order valence-corrected chi connectivity index (χ2v) is 31.4. The average Bonchev–Trinajstić information content (AvgIpc) is 1.97. The lowest BCUT2D eigenvalue weighted by Gasteiger charge is -2.21. The lowest BCUT2D eigenvalue weighted by Crippen LogP contribution is -2.30. The highest BCUT2D eigenvalue weighted by atomic mass is 31.2. The van der Waals surface area contributed by atoms with Crippen molar-refractivity contribution in [2.75, 3.05) is 39.6 Å². The number of ether oxygens (including phenoxy) is 4. The van der Waals surface area contributed by atoms with Crippen molar-refractivity contribution >= 4 is 39.5 Å². The summed E-state index contributed by atoms with van der Waals surface area (Å²) in [5.74, 6) is -0.563. The second kappa shape index (κ2) is 68.8. The van der Waals surface area contributed by atoms with E-state index in [-0.39, 0.29) is 25.7 Å². The van der Waals surface area contributed by atoms with Crippen LogP contribution in [0.4, 0.5) is 0 Å². The first-order valence-electron chi connectivity index (χ1n) is 40.0. The van der Waals surface area contributed by atoms with Gasteiger partial charge in [0.15, 0.2) is 12.2 Å². The Kier molecular flexibility index (Phi) is 67.4. The zero-order valence-corrected chi connectivity index (χ0v) is 64.5. The number of phosphoric acid groups is 2. The molecule has 0 saturated heterocycles. The van der Waals surface area contributed by atoms with Gasteiger partial charge in [0.25, 0.3) is 0 Å². The first-order chi connectivity index (χ1) is 46.4. The highest BCUT2D eigenvalue weighted by Gasteiger charge is 2.30. The third kappa shape index (κ3) is 69.2. The van der Waals surface area contributed by atoms with Crippen LogP contribution in [0.3, 0.4) is 0 Å². The van der Waals surface area contributed by atoms with Gasteiger partial charge in [0.1, 0.15) is 19.3 Å². The third-order valence-electron chi connectivity index (χ3n) is 18.3. The highest BCUT2D eigenvalue weighted by Crippen LogP contribution is 2.45. The number of unbranched alkanes of at least 4 members (excludes halogenated alkanes) is 45. The van der Waals surface area contributed by atoms with E-state index in [2.05, 4.69) is 41.5 Å². The lowest BCUT2D eigenvalue weighted by atomic mass is 9.99. The molecule has 3 unspecified atom stereocenters. The van der Waals surface area contributed by atoms with Gasteiger partial charge in [0.2, 0.25) is 0 Å². The molecule has 0 aromatic heterocycles. The molecule has 0 amide bonds. The standard InChI is InChI=1S/C77H150O17P2/c1-7-10-12-14-16-18-20-21-22-23-24-28-32-35-41-47-53-59-74(79)87-65-72(93-77(82)62-56-50-43-37-33-29-26-25-27-31-34-40-46-52-58-70(6)9-3)67-91-95(83,84)89-63-71(78)64-90-96(85,86)92-68-73(66-88-75(80)60-54-48-44-38-39-45-51-57-69(4)5)94-76(81)61-55-49-42-36-30-19-17-15-13-11-8-2/h69-73,78H,7-68H2,1-6H3,(H,83,84)(H,85,86)/t70?,71-,72-,73-/m1/s1. The van der Waals surface area contributed by atoms with E-state index in [1.807, 2.05) is 0 Å². The number of carbonyl (C=O) groups excluding carboxylic acids is 4. The van der Waals surface area contributed by atoms with Gasteiger partial charge in [0.05, 0.1) is 26.4 Å². The van der Waals surface area contributed by atoms with Crippen LogP contribution >= 0.6 is 15.6 Å². The quantitative estimate of drug-likeness (QED) is 0.0222. The van der Waals surface area contributed by atoms with E-state index in [1.54, 1.807) is 0 Å². The number of hydrogen-bond acceptors (Lipinski definition) is 15. The van der Waals surface area contributed by atoms with Gasteiger partial charge in [-0.2, -0.15) is 0 Å². The van der Waals surface area contributed by atoms with E-state index in [1.165, 1.54) is 212 Å². The molecule has 96 heavy (non-hydrogen) atoms. The molecule has 0 aliphatic rings. The molecule has 0 saturated carbocycles. The van der Waals surface area contributed by atoms with Gasteiger partial charge in [-0.05, 0) is 37.5 Å². The number of rotatable bonds is 76. The van der Waals surface area contributed by atoms with Crippen LogP contribution in [0.2, 0.25) is 0 Å². The molecule has 0 aliphatic heterocycles. The molecule has 0 spiro atoms. The monoisotopic (exact) mass is 1410 g/mol. The number of carbonyl (C=O) groups is 4.